The molecule has 1 atom stereocenters. The number of hydrogen-bond donors (Lipinski definition) is 2. The van der Waals surface area contributed by atoms with Crippen LogP contribution < -0.4 is 11.3 Å². The third-order valence-electron chi connectivity index (χ3n) is 2.39. The topological polar surface area (TPSA) is 38.0 Å². The average molecular weight is 398 g/mol. The molecule has 1 heterocycles. The molecule has 96 valence electrons. The fourth-order valence-electron chi connectivity index (χ4n) is 1.57. The Labute approximate surface area is 123 Å². The first kappa shape index (κ1) is 14.1. The number of hydrazine groups is 1. The summed E-state index contributed by atoms with van der Waals surface area (Å²) in [6.45, 7) is 0. The van der Waals surface area contributed by atoms with Gasteiger partial charge in [0.1, 0.15) is 11.6 Å². The first-order chi connectivity index (χ1) is 8.52. The van der Waals surface area contributed by atoms with Gasteiger partial charge < -0.3 is 0 Å². The molecule has 2 rings (SSSR count). The van der Waals surface area contributed by atoms with Crippen molar-refractivity contribution in [1.82, 2.24) is 5.43 Å². The molecule has 1 unspecified atom stereocenters. The standard InChI is InChI=1S/C11H8Br2F2N2S/c12-7-4-9(18-11(7)13)10(17-16)6-2-1-5(14)3-8(6)15/h1-4,10,17H,16H2. The van der Waals surface area contributed by atoms with Gasteiger partial charge in [-0.15, -0.1) is 11.3 Å². The second-order valence-corrected chi connectivity index (χ2v) is 6.79. The summed E-state index contributed by atoms with van der Waals surface area (Å²) in [7, 11) is 0. The Morgan fingerprint density at radius 3 is 2.44 bits per heavy atom. The predicted molar refractivity (Wildman–Crippen MR) is 75.2 cm³/mol. The first-order valence-corrected chi connectivity index (χ1v) is 7.29. The lowest BCUT2D eigenvalue weighted by Crippen LogP contribution is -2.28. The molecule has 0 saturated carbocycles. The molecule has 0 aliphatic rings. The molecule has 0 amide bonds. The zero-order chi connectivity index (χ0) is 13.3. The number of halogens is 4. The average Bonchev–Trinajstić information content (AvgIpc) is 2.63. The molecule has 0 aliphatic heterocycles. The minimum Gasteiger partial charge on any atom is -0.271 e. The lowest BCUT2D eigenvalue weighted by Gasteiger charge is -2.15. The van der Waals surface area contributed by atoms with Gasteiger partial charge in [0.2, 0.25) is 0 Å². The van der Waals surface area contributed by atoms with Crippen molar-refractivity contribution in [3.05, 3.63) is 54.6 Å². The van der Waals surface area contributed by atoms with E-state index < -0.39 is 17.7 Å². The van der Waals surface area contributed by atoms with E-state index in [4.69, 9.17) is 5.84 Å². The summed E-state index contributed by atoms with van der Waals surface area (Å²) in [6, 6.07) is 4.76. The van der Waals surface area contributed by atoms with E-state index in [-0.39, 0.29) is 0 Å². The summed E-state index contributed by atoms with van der Waals surface area (Å²) in [5, 5.41) is 0. The van der Waals surface area contributed by atoms with Gasteiger partial charge in [-0.3, -0.25) is 5.84 Å². The quantitative estimate of drug-likeness (QED) is 0.604. The van der Waals surface area contributed by atoms with E-state index in [0.717, 1.165) is 19.2 Å². The maximum atomic E-state index is 13.7. The second kappa shape index (κ2) is 5.75. The lowest BCUT2D eigenvalue weighted by atomic mass is 10.1. The predicted octanol–water partition coefficient (Wildman–Crippen LogP) is 4.10. The third-order valence-corrected chi connectivity index (χ3v) is 5.71. The lowest BCUT2D eigenvalue weighted by molar-refractivity contribution is 0.544. The number of benzene rings is 1. The maximum Gasteiger partial charge on any atom is 0.131 e. The van der Waals surface area contributed by atoms with Crippen molar-refractivity contribution < 1.29 is 8.78 Å². The number of thiophene rings is 1. The fourth-order valence-corrected chi connectivity index (χ4v) is 3.74. The highest BCUT2D eigenvalue weighted by Crippen LogP contribution is 2.37. The molecule has 0 fully saturated rings. The maximum absolute atomic E-state index is 13.7. The zero-order valence-corrected chi connectivity index (χ0v) is 12.9. The van der Waals surface area contributed by atoms with Crippen LogP contribution in [0.5, 0.6) is 0 Å². The Bertz CT molecular complexity index is 555. The van der Waals surface area contributed by atoms with Crippen LogP contribution in [-0.4, -0.2) is 0 Å². The van der Waals surface area contributed by atoms with Gasteiger partial charge in [0.25, 0.3) is 0 Å². The smallest absolute Gasteiger partial charge is 0.131 e. The SMILES string of the molecule is NNC(c1cc(Br)c(Br)s1)c1ccc(F)cc1F. The van der Waals surface area contributed by atoms with Crippen LogP contribution in [0.4, 0.5) is 8.78 Å². The van der Waals surface area contributed by atoms with Gasteiger partial charge in [0, 0.05) is 21.0 Å². The highest BCUT2D eigenvalue weighted by Gasteiger charge is 2.20. The Morgan fingerprint density at radius 1 is 1.22 bits per heavy atom. The highest BCUT2D eigenvalue weighted by atomic mass is 79.9. The molecule has 0 spiro atoms. The van der Waals surface area contributed by atoms with Crippen LogP contribution in [0.15, 0.2) is 32.5 Å². The molecule has 1 aromatic carbocycles. The molecule has 0 bridgehead atoms. The van der Waals surface area contributed by atoms with Crippen molar-refractivity contribution in [2.75, 3.05) is 0 Å². The number of hydrogen-bond acceptors (Lipinski definition) is 3. The summed E-state index contributed by atoms with van der Waals surface area (Å²) < 4.78 is 28.4. The van der Waals surface area contributed by atoms with Crippen molar-refractivity contribution >= 4 is 43.2 Å². The Hall–Kier alpha value is -0.340. The summed E-state index contributed by atoms with van der Waals surface area (Å²) in [5.41, 5.74) is 2.85. The highest BCUT2D eigenvalue weighted by molar-refractivity contribution is 9.13. The van der Waals surface area contributed by atoms with Crippen molar-refractivity contribution in [3.8, 4) is 0 Å². The Kier molecular flexibility index (Phi) is 4.50. The first-order valence-electron chi connectivity index (χ1n) is 4.88. The molecule has 1 aromatic heterocycles. The third kappa shape index (κ3) is 2.80. The molecule has 0 aliphatic carbocycles. The molecule has 2 nitrogen and oxygen atoms in total. The van der Waals surface area contributed by atoms with Gasteiger partial charge in [0.15, 0.2) is 0 Å². The van der Waals surface area contributed by atoms with E-state index in [0.29, 0.717) is 5.56 Å². The zero-order valence-electron chi connectivity index (χ0n) is 8.88. The normalized spacial score (nSPS) is 12.7. The molecule has 2 aromatic rings. The molecule has 0 radical (unpaired) electrons. The molecule has 0 saturated heterocycles. The minimum atomic E-state index is -0.626. The summed E-state index contributed by atoms with van der Waals surface area (Å²) in [5.74, 6) is 4.23. The van der Waals surface area contributed by atoms with E-state index in [2.05, 4.69) is 37.3 Å². The van der Waals surface area contributed by atoms with Gasteiger partial charge in [-0.1, -0.05) is 6.07 Å². The Morgan fingerprint density at radius 2 is 1.94 bits per heavy atom. The second-order valence-electron chi connectivity index (χ2n) is 3.54. The number of nitrogens with one attached hydrogen (secondary N) is 1. The van der Waals surface area contributed by atoms with Crippen LogP contribution in [-0.2, 0) is 0 Å². The van der Waals surface area contributed by atoms with Crippen molar-refractivity contribution in [2.45, 2.75) is 6.04 Å². The van der Waals surface area contributed by atoms with Crippen molar-refractivity contribution in [3.63, 3.8) is 0 Å². The fraction of sp³-hybridized carbons (Fsp3) is 0.0909. The van der Waals surface area contributed by atoms with E-state index in [9.17, 15) is 8.78 Å². The van der Waals surface area contributed by atoms with E-state index in [1.807, 2.05) is 6.07 Å². The summed E-state index contributed by atoms with van der Waals surface area (Å²) in [6.07, 6.45) is 0. The van der Waals surface area contributed by atoms with Crippen molar-refractivity contribution in [2.24, 2.45) is 5.84 Å². The van der Waals surface area contributed by atoms with Crippen LogP contribution in [0.3, 0.4) is 0 Å². The van der Waals surface area contributed by atoms with Gasteiger partial charge in [-0.05, 0) is 44.0 Å². The largest absolute Gasteiger partial charge is 0.271 e. The monoisotopic (exact) mass is 396 g/mol. The minimum absolute atomic E-state index is 0.306. The molecule has 18 heavy (non-hydrogen) atoms. The van der Waals surface area contributed by atoms with Crippen LogP contribution in [0.25, 0.3) is 0 Å². The van der Waals surface area contributed by atoms with Crippen LogP contribution in [0, 0.1) is 11.6 Å². The molecule has 7 heteroatoms. The Balaban J connectivity index is 2.45. The van der Waals surface area contributed by atoms with Crippen LogP contribution in [0.2, 0.25) is 0 Å². The van der Waals surface area contributed by atoms with E-state index >= 15 is 0 Å². The van der Waals surface area contributed by atoms with Crippen LogP contribution >= 0.6 is 43.2 Å². The molecule has 3 N–H and O–H groups in total. The van der Waals surface area contributed by atoms with Crippen LogP contribution in [0.1, 0.15) is 16.5 Å². The number of nitrogens with two attached hydrogens (primary N) is 1. The van der Waals surface area contributed by atoms with Gasteiger partial charge in [-0.2, -0.15) is 0 Å². The molecular formula is C11H8Br2F2N2S. The van der Waals surface area contributed by atoms with Gasteiger partial charge >= 0.3 is 0 Å². The number of rotatable bonds is 3. The van der Waals surface area contributed by atoms with Gasteiger partial charge in [-0.25, -0.2) is 14.2 Å². The van der Waals surface area contributed by atoms with E-state index in [1.165, 1.54) is 23.5 Å². The van der Waals surface area contributed by atoms with Crippen molar-refractivity contribution in [1.29, 1.82) is 0 Å². The summed E-state index contributed by atoms with van der Waals surface area (Å²) >= 11 is 8.14. The van der Waals surface area contributed by atoms with Gasteiger partial charge in [0.05, 0.1) is 9.83 Å². The van der Waals surface area contributed by atoms with E-state index in [1.54, 1.807) is 0 Å². The summed E-state index contributed by atoms with van der Waals surface area (Å²) in [4.78, 5) is 0.821. The molecular weight excluding hydrogens is 390 g/mol.